The van der Waals surface area contributed by atoms with Gasteiger partial charge in [0.05, 0.1) is 0 Å². The van der Waals surface area contributed by atoms with E-state index in [0.29, 0.717) is 11.7 Å². The van der Waals surface area contributed by atoms with Gasteiger partial charge < -0.3 is 9.88 Å². The molecular formula is C19H21N3O. The lowest BCUT2D eigenvalue weighted by molar-refractivity contribution is -0.112. The van der Waals surface area contributed by atoms with Crippen molar-refractivity contribution < 1.29 is 4.79 Å². The van der Waals surface area contributed by atoms with E-state index in [0.717, 1.165) is 16.8 Å². The summed E-state index contributed by atoms with van der Waals surface area (Å²) in [7, 11) is 0. The zero-order valence-electron chi connectivity index (χ0n) is 13.9. The number of aryl methyl sites for hydroxylation is 2. The highest BCUT2D eigenvalue weighted by atomic mass is 16.1. The maximum Gasteiger partial charge on any atom is 0.266 e. The largest absolute Gasteiger partial charge is 0.349 e. The Balaban J connectivity index is 2.23. The summed E-state index contributed by atoms with van der Waals surface area (Å²) in [5.74, 6) is -0.395. The number of anilines is 1. The Kier molecular flexibility index (Phi) is 5.02. The topological polar surface area (TPSA) is 57.8 Å². The molecule has 2 aromatic rings. The van der Waals surface area contributed by atoms with Crippen LogP contribution in [0.2, 0.25) is 0 Å². The van der Waals surface area contributed by atoms with E-state index in [1.54, 1.807) is 12.1 Å². The SMILES string of the molecule is Cc1cccc(NC(=O)/C(C#N)=C/c2cc(C)n(C(C)C)c2)c1. The molecule has 0 saturated heterocycles. The van der Waals surface area contributed by atoms with Gasteiger partial charge >= 0.3 is 0 Å². The molecule has 0 unspecified atom stereocenters. The van der Waals surface area contributed by atoms with Crippen molar-refractivity contribution in [1.82, 2.24) is 4.57 Å². The summed E-state index contributed by atoms with van der Waals surface area (Å²) in [6.45, 7) is 8.15. The van der Waals surface area contributed by atoms with Gasteiger partial charge in [0.15, 0.2) is 0 Å². The molecule has 118 valence electrons. The molecule has 1 aromatic heterocycles. The molecule has 1 aromatic carbocycles. The van der Waals surface area contributed by atoms with Crippen LogP contribution in [0.3, 0.4) is 0 Å². The molecule has 0 atom stereocenters. The molecule has 0 aliphatic rings. The van der Waals surface area contributed by atoms with E-state index in [4.69, 9.17) is 0 Å². The molecule has 4 nitrogen and oxygen atoms in total. The fraction of sp³-hybridized carbons (Fsp3) is 0.263. The van der Waals surface area contributed by atoms with Crippen LogP contribution in [-0.2, 0) is 4.79 Å². The molecule has 1 amide bonds. The zero-order chi connectivity index (χ0) is 17.0. The number of nitrogens with zero attached hydrogens (tertiary/aromatic N) is 2. The van der Waals surface area contributed by atoms with Crippen molar-refractivity contribution in [2.24, 2.45) is 0 Å². The predicted octanol–water partition coefficient (Wildman–Crippen LogP) is 4.23. The van der Waals surface area contributed by atoms with E-state index in [9.17, 15) is 10.1 Å². The fourth-order valence-corrected chi connectivity index (χ4v) is 2.49. The minimum Gasteiger partial charge on any atom is -0.349 e. The first kappa shape index (κ1) is 16.6. The Labute approximate surface area is 137 Å². The number of benzene rings is 1. The molecule has 1 heterocycles. The maximum atomic E-state index is 12.3. The molecular weight excluding hydrogens is 286 g/mol. The van der Waals surface area contributed by atoms with Gasteiger partial charge in [-0.1, -0.05) is 12.1 Å². The first-order valence-corrected chi connectivity index (χ1v) is 7.59. The first-order valence-electron chi connectivity index (χ1n) is 7.59. The Morgan fingerprint density at radius 2 is 2.04 bits per heavy atom. The van der Waals surface area contributed by atoms with E-state index < -0.39 is 5.91 Å². The van der Waals surface area contributed by atoms with Crippen molar-refractivity contribution in [1.29, 1.82) is 5.26 Å². The van der Waals surface area contributed by atoms with Gasteiger partial charge in [-0.15, -0.1) is 0 Å². The summed E-state index contributed by atoms with van der Waals surface area (Å²) in [4.78, 5) is 12.3. The van der Waals surface area contributed by atoms with E-state index in [-0.39, 0.29) is 5.57 Å². The number of carbonyl (C=O) groups is 1. The van der Waals surface area contributed by atoms with Crippen LogP contribution in [0.4, 0.5) is 5.69 Å². The number of rotatable bonds is 4. The average Bonchev–Trinajstić information content (AvgIpc) is 2.85. The van der Waals surface area contributed by atoms with Crippen LogP contribution < -0.4 is 5.32 Å². The summed E-state index contributed by atoms with van der Waals surface area (Å²) in [5, 5.41) is 12.1. The van der Waals surface area contributed by atoms with E-state index in [1.807, 2.05) is 50.4 Å². The molecule has 0 fully saturated rings. The van der Waals surface area contributed by atoms with Crippen LogP contribution >= 0.6 is 0 Å². The first-order chi connectivity index (χ1) is 10.9. The van der Waals surface area contributed by atoms with Crippen molar-refractivity contribution in [3.63, 3.8) is 0 Å². The zero-order valence-corrected chi connectivity index (χ0v) is 13.9. The number of amides is 1. The van der Waals surface area contributed by atoms with Crippen molar-refractivity contribution in [3.05, 3.63) is 58.9 Å². The normalized spacial score (nSPS) is 11.4. The van der Waals surface area contributed by atoms with E-state index in [2.05, 4.69) is 23.7 Å². The Bertz CT molecular complexity index is 791. The summed E-state index contributed by atoms with van der Waals surface area (Å²) in [6.07, 6.45) is 3.58. The number of aromatic nitrogens is 1. The number of nitriles is 1. The third kappa shape index (κ3) is 4.10. The summed E-state index contributed by atoms with van der Waals surface area (Å²) in [6, 6.07) is 11.8. The molecule has 0 spiro atoms. The highest BCUT2D eigenvalue weighted by Crippen LogP contribution is 2.17. The predicted molar refractivity (Wildman–Crippen MR) is 93.0 cm³/mol. The summed E-state index contributed by atoms with van der Waals surface area (Å²) < 4.78 is 2.11. The third-order valence-corrected chi connectivity index (χ3v) is 3.58. The molecule has 4 heteroatoms. The van der Waals surface area contributed by atoms with Crippen molar-refractivity contribution >= 4 is 17.7 Å². The smallest absolute Gasteiger partial charge is 0.266 e. The number of hydrogen-bond acceptors (Lipinski definition) is 2. The van der Waals surface area contributed by atoms with Crippen LogP contribution in [0.1, 0.15) is 36.7 Å². The molecule has 2 rings (SSSR count). The van der Waals surface area contributed by atoms with E-state index >= 15 is 0 Å². The third-order valence-electron chi connectivity index (χ3n) is 3.58. The lowest BCUT2D eigenvalue weighted by atomic mass is 10.1. The van der Waals surface area contributed by atoms with Gasteiger partial charge in [0.1, 0.15) is 11.6 Å². The standard InChI is InChI=1S/C19H21N3O/c1-13(2)22-12-16(9-15(22)4)10-17(11-20)19(23)21-18-7-5-6-14(3)8-18/h5-10,12-13H,1-4H3,(H,21,23)/b17-10+. The lowest BCUT2D eigenvalue weighted by Crippen LogP contribution is -2.13. The highest BCUT2D eigenvalue weighted by molar-refractivity contribution is 6.09. The molecule has 1 N–H and O–H groups in total. The van der Waals surface area contributed by atoms with Gasteiger partial charge in [0.25, 0.3) is 5.91 Å². The van der Waals surface area contributed by atoms with Crippen LogP contribution in [0.5, 0.6) is 0 Å². The summed E-state index contributed by atoms with van der Waals surface area (Å²) in [5.41, 5.74) is 3.78. The number of hydrogen-bond donors (Lipinski definition) is 1. The minimum absolute atomic E-state index is 0.0902. The van der Waals surface area contributed by atoms with Gasteiger partial charge in [0.2, 0.25) is 0 Å². The van der Waals surface area contributed by atoms with Gasteiger partial charge in [-0.3, -0.25) is 4.79 Å². The average molecular weight is 307 g/mol. The van der Waals surface area contributed by atoms with Gasteiger partial charge in [-0.25, -0.2) is 0 Å². The van der Waals surface area contributed by atoms with Crippen LogP contribution in [0.25, 0.3) is 6.08 Å². The molecule has 0 radical (unpaired) electrons. The Morgan fingerprint density at radius 1 is 1.30 bits per heavy atom. The monoisotopic (exact) mass is 307 g/mol. The molecule has 0 bridgehead atoms. The minimum atomic E-state index is -0.395. The molecule has 0 aliphatic carbocycles. The van der Waals surface area contributed by atoms with Crippen molar-refractivity contribution in [2.45, 2.75) is 33.7 Å². The van der Waals surface area contributed by atoms with Gasteiger partial charge in [-0.05, 0) is 63.1 Å². The molecule has 23 heavy (non-hydrogen) atoms. The fourth-order valence-electron chi connectivity index (χ4n) is 2.49. The Hall–Kier alpha value is -2.80. The second-order valence-electron chi connectivity index (χ2n) is 5.91. The Morgan fingerprint density at radius 3 is 2.61 bits per heavy atom. The number of carbonyl (C=O) groups excluding carboxylic acids is 1. The second kappa shape index (κ2) is 6.97. The van der Waals surface area contributed by atoms with Crippen LogP contribution in [-0.4, -0.2) is 10.5 Å². The second-order valence-corrected chi connectivity index (χ2v) is 5.91. The van der Waals surface area contributed by atoms with Gasteiger partial charge in [0, 0.05) is 23.6 Å². The molecule has 0 saturated carbocycles. The molecule has 0 aliphatic heterocycles. The maximum absolute atomic E-state index is 12.3. The summed E-state index contributed by atoms with van der Waals surface area (Å²) >= 11 is 0. The van der Waals surface area contributed by atoms with Crippen LogP contribution in [0, 0.1) is 25.2 Å². The number of nitrogens with one attached hydrogen (secondary N) is 1. The van der Waals surface area contributed by atoms with Crippen molar-refractivity contribution in [2.75, 3.05) is 5.32 Å². The highest BCUT2D eigenvalue weighted by Gasteiger charge is 2.11. The van der Waals surface area contributed by atoms with Crippen molar-refractivity contribution in [3.8, 4) is 6.07 Å². The van der Waals surface area contributed by atoms with Crippen LogP contribution in [0.15, 0.2) is 42.1 Å². The quantitative estimate of drug-likeness (QED) is 0.678. The van der Waals surface area contributed by atoms with E-state index in [1.165, 1.54) is 0 Å². The van der Waals surface area contributed by atoms with Gasteiger partial charge in [-0.2, -0.15) is 5.26 Å². The lowest BCUT2D eigenvalue weighted by Gasteiger charge is -2.08.